The second kappa shape index (κ2) is 4.80. The molecule has 1 rings (SSSR count). The van der Waals surface area contributed by atoms with Crippen molar-refractivity contribution in [3.8, 4) is 0 Å². The van der Waals surface area contributed by atoms with Crippen LogP contribution in [0.25, 0.3) is 0 Å². The Hall–Kier alpha value is -0.820. The van der Waals surface area contributed by atoms with Crippen molar-refractivity contribution in [3.05, 3.63) is 35.4 Å². The first-order valence-electron chi connectivity index (χ1n) is 5.74. The molecule has 1 nitrogen and oxygen atoms in total. The van der Waals surface area contributed by atoms with Gasteiger partial charge in [-0.05, 0) is 23.0 Å². The van der Waals surface area contributed by atoms with E-state index in [1.54, 1.807) is 0 Å². The number of benzene rings is 1. The van der Waals surface area contributed by atoms with Gasteiger partial charge in [-0.25, -0.2) is 0 Å². The summed E-state index contributed by atoms with van der Waals surface area (Å²) in [5.41, 5.74) is 2.45. The predicted octanol–water partition coefficient (Wildman–Crippen LogP) is 3.82. The Balaban J connectivity index is 3.06. The van der Waals surface area contributed by atoms with Crippen LogP contribution in [0.3, 0.4) is 0 Å². The number of rotatable bonds is 3. The van der Waals surface area contributed by atoms with Gasteiger partial charge in [-0.15, -0.1) is 0 Å². The van der Waals surface area contributed by atoms with E-state index in [-0.39, 0.29) is 11.5 Å². The van der Waals surface area contributed by atoms with E-state index in [2.05, 4.69) is 33.8 Å². The molecule has 1 aromatic carbocycles. The molecule has 0 heterocycles. The predicted molar refractivity (Wildman–Crippen MR) is 65.0 cm³/mol. The first-order chi connectivity index (χ1) is 6.96. The van der Waals surface area contributed by atoms with Crippen LogP contribution >= 0.6 is 0 Å². The molecule has 1 aromatic rings. The first-order valence-corrected chi connectivity index (χ1v) is 5.74. The van der Waals surface area contributed by atoms with Gasteiger partial charge < -0.3 is 5.11 Å². The third kappa shape index (κ3) is 3.07. The Morgan fingerprint density at radius 1 is 1.20 bits per heavy atom. The second-order valence-corrected chi connectivity index (χ2v) is 5.14. The van der Waals surface area contributed by atoms with Crippen molar-refractivity contribution >= 4 is 0 Å². The van der Waals surface area contributed by atoms with Gasteiger partial charge in [-0.1, -0.05) is 58.4 Å². The van der Waals surface area contributed by atoms with Gasteiger partial charge in [0, 0.05) is 0 Å². The van der Waals surface area contributed by atoms with E-state index in [9.17, 15) is 5.11 Å². The Bertz CT molecular complexity index is 309. The quantitative estimate of drug-likeness (QED) is 0.797. The van der Waals surface area contributed by atoms with Gasteiger partial charge in [0.15, 0.2) is 0 Å². The molecule has 0 aliphatic carbocycles. The number of hydrogen-bond acceptors (Lipinski definition) is 1. The highest BCUT2D eigenvalue weighted by Gasteiger charge is 2.20. The van der Waals surface area contributed by atoms with E-state index in [1.807, 2.05) is 18.2 Å². The summed E-state index contributed by atoms with van der Waals surface area (Å²) in [6.45, 7) is 8.66. The van der Waals surface area contributed by atoms with Crippen molar-refractivity contribution in [1.82, 2.24) is 0 Å². The summed E-state index contributed by atoms with van der Waals surface area (Å²) in [6.07, 6.45) is 1.54. The lowest BCUT2D eigenvalue weighted by Crippen LogP contribution is -2.16. The molecule has 0 radical (unpaired) electrons. The molecule has 0 saturated heterocycles. The van der Waals surface area contributed by atoms with Crippen molar-refractivity contribution in [2.75, 3.05) is 0 Å². The minimum absolute atomic E-state index is 0.102. The number of hydrogen-bond donors (Lipinski definition) is 1. The summed E-state index contributed by atoms with van der Waals surface area (Å²) in [6, 6.07) is 8.21. The minimum Gasteiger partial charge on any atom is -0.388 e. The van der Waals surface area contributed by atoms with Crippen LogP contribution in [0.4, 0.5) is 0 Å². The van der Waals surface area contributed by atoms with Gasteiger partial charge in [0.05, 0.1) is 6.10 Å². The lowest BCUT2D eigenvalue weighted by atomic mass is 9.82. The van der Waals surface area contributed by atoms with Gasteiger partial charge in [0.25, 0.3) is 0 Å². The third-order valence-corrected chi connectivity index (χ3v) is 2.69. The van der Waals surface area contributed by atoms with Crippen molar-refractivity contribution in [2.24, 2.45) is 0 Å². The lowest BCUT2D eigenvalue weighted by molar-refractivity contribution is 0.164. The van der Waals surface area contributed by atoms with E-state index >= 15 is 0 Å². The van der Waals surface area contributed by atoms with Gasteiger partial charge in [-0.2, -0.15) is 0 Å². The molecule has 0 amide bonds. The summed E-state index contributed by atoms with van der Waals surface area (Å²) >= 11 is 0. The minimum atomic E-state index is -0.314. The molecule has 1 heteroatoms. The van der Waals surface area contributed by atoms with Crippen LogP contribution in [0.1, 0.15) is 57.8 Å². The molecular formula is C14H22O. The highest BCUT2D eigenvalue weighted by Crippen LogP contribution is 2.31. The third-order valence-electron chi connectivity index (χ3n) is 2.69. The zero-order valence-electron chi connectivity index (χ0n) is 10.2. The van der Waals surface area contributed by atoms with Gasteiger partial charge >= 0.3 is 0 Å². The summed E-state index contributed by atoms with van der Waals surface area (Å²) in [5.74, 6) is 0. The number of aliphatic hydroxyl groups is 1. The molecule has 1 N–H and O–H groups in total. The van der Waals surface area contributed by atoms with Crippen molar-refractivity contribution in [3.63, 3.8) is 0 Å². The molecule has 15 heavy (non-hydrogen) atoms. The van der Waals surface area contributed by atoms with E-state index in [4.69, 9.17) is 0 Å². The van der Waals surface area contributed by atoms with Crippen molar-refractivity contribution in [2.45, 2.75) is 52.1 Å². The van der Waals surface area contributed by atoms with Crippen LogP contribution in [0.2, 0.25) is 0 Å². The van der Waals surface area contributed by atoms with E-state index in [0.29, 0.717) is 0 Å². The van der Waals surface area contributed by atoms with E-state index in [0.717, 1.165) is 18.4 Å². The maximum Gasteiger partial charge on any atom is 0.0792 e. The highest BCUT2D eigenvalue weighted by atomic mass is 16.3. The molecule has 0 aliphatic heterocycles. The van der Waals surface area contributed by atoms with Crippen LogP contribution in [0.15, 0.2) is 24.3 Å². The van der Waals surface area contributed by atoms with E-state index in [1.165, 1.54) is 5.56 Å². The average molecular weight is 206 g/mol. The van der Waals surface area contributed by atoms with Crippen LogP contribution in [-0.4, -0.2) is 5.11 Å². The fourth-order valence-electron chi connectivity index (χ4n) is 1.90. The van der Waals surface area contributed by atoms with Crippen molar-refractivity contribution in [1.29, 1.82) is 0 Å². The molecule has 1 atom stereocenters. The smallest absolute Gasteiger partial charge is 0.0792 e. The van der Waals surface area contributed by atoms with Crippen LogP contribution in [0, 0.1) is 0 Å². The van der Waals surface area contributed by atoms with Crippen LogP contribution in [0.5, 0.6) is 0 Å². The van der Waals surface area contributed by atoms with Crippen LogP contribution < -0.4 is 0 Å². The summed E-state index contributed by atoms with van der Waals surface area (Å²) in [5, 5.41) is 10.1. The maximum absolute atomic E-state index is 10.1. The fraction of sp³-hybridized carbons (Fsp3) is 0.571. The molecule has 0 fully saturated rings. The molecule has 0 aliphatic rings. The standard InChI is InChI=1S/C14H22O/c1-5-8-13(15)11-9-6-7-10-12(11)14(2,3)4/h6-7,9-10,13,15H,5,8H2,1-4H3. The monoisotopic (exact) mass is 206 g/mol. The molecule has 0 spiro atoms. The second-order valence-electron chi connectivity index (χ2n) is 5.14. The van der Waals surface area contributed by atoms with Gasteiger partial charge in [0.2, 0.25) is 0 Å². The van der Waals surface area contributed by atoms with Gasteiger partial charge in [0.1, 0.15) is 0 Å². The summed E-state index contributed by atoms with van der Waals surface area (Å²) < 4.78 is 0. The Morgan fingerprint density at radius 3 is 2.33 bits per heavy atom. The Kier molecular flexibility index (Phi) is 3.92. The SMILES string of the molecule is CCCC(O)c1ccccc1C(C)(C)C. The summed E-state index contributed by atoms with van der Waals surface area (Å²) in [7, 11) is 0. The normalized spacial score (nSPS) is 13.9. The molecule has 84 valence electrons. The number of aliphatic hydroxyl groups excluding tert-OH is 1. The summed E-state index contributed by atoms with van der Waals surface area (Å²) in [4.78, 5) is 0. The lowest BCUT2D eigenvalue weighted by Gasteiger charge is -2.25. The van der Waals surface area contributed by atoms with Gasteiger partial charge in [-0.3, -0.25) is 0 Å². The zero-order valence-corrected chi connectivity index (χ0v) is 10.2. The fourth-order valence-corrected chi connectivity index (χ4v) is 1.90. The first kappa shape index (κ1) is 12.3. The molecule has 0 aromatic heterocycles. The Morgan fingerprint density at radius 2 is 1.80 bits per heavy atom. The topological polar surface area (TPSA) is 20.2 Å². The molecule has 1 unspecified atom stereocenters. The van der Waals surface area contributed by atoms with Crippen LogP contribution in [-0.2, 0) is 5.41 Å². The van der Waals surface area contributed by atoms with E-state index < -0.39 is 0 Å². The molecular weight excluding hydrogens is 184 g/mol. The Labute approximate surface area is 93.1 Å². The highest BCUT2D eigenvalue weighted by molar-refractivity contribution is 5.34. The average Bonchev–Trinajstić information content (AvgIpc) is 2.17. The maximum atomic E-state index is 10.1. The molecule has 0 saturated carbocycles. The molecule has 0 bridgehead atoms. The zero-order chi connectivity index (χ0) is 11.5. The largest absolute Gasteiger partial charge is 0.388 e. The van der Waals surface area contributed by atoms with Crippen molar-refractivity contribution < 1.29 is 5.11 Å².